The third-order valence-corrected chi connectivity index (χ3v) is 6.48. The summed E-state index contributed by atoms with van der Waals surface area (Å²) in [6, 6.07) is 24.4. The van der Waals surface area contributed by atoms with Gasteiger partial charge in [0.2, 0.25) is 0 Å². The molecule has 1 aliphatic rings. The van der Waals surface area contributed by atoms with E-state index in [1.54, 1.807) is 0 Å². The molecule has 0 aliphatic heterocycles. The normalized spacial score (nSPS) is 17.1. The number of nitrogens with one attached hydrogen (secondary N) is 1. The van der Waals surface area contributed by atoms with Crippen LogP contribution in [0.5, 0.6) is 5.75 Å². The molecule has 3 aromatic rings. The molecule has 0 amide bonds. The van der Waals surface area contributed by atoms with Gasteiger partial charge in [-0.05, 0) is 60.3 Å². The molecule has 0 fully saturated rings. The lowest BCUT2D eigenvalue weighted by Crippen LogP contribution is -2.33. The van der Waals surface area contributed by atoms with E-state index >= 15 is 0 Å². The van der Waals surface area contributed by atoms with Crippen LogP contribution >= 0.6 is 11.6 Å². The lowest BCUT2D eigenvalue weighted by molar-refractivity contribution is 0.0801. The lowest BCUT2D eigenvalue weighted by atomic mass is 9.66. The Bertz CT molecular complexity index is 1060. The average molecular weight is 448 g/mol. The molecule has 32 heavy (non-hydrogen) atoms. The van der Waals surface area contributed by atoms with Crippen molar-refractivity contribution in [2.24, 2.45) is 5.41 Å². The van der Waals surface area contributed by atoms with E-state index in [0.29, 0.717) is 6.61 Å². The molecular formula is C28H30ClNO2. The molecule has 0 radical (unpaired) electrons. The third-order valence-electron chi connectivity index (χ3n) is 6.23. The van der Waals surface area contributed by atoms with Gasteiger partial charge in [-0.25, -0.2) is 0 Å². The van der Waals surface area contributed by atoms with Crippen LogP contribution < -0.4 is 10.1 Å². The summed E-state index contributed by atoms with van der Waals surface area (Å²) in [7, 11) is 0. The van der Waals surface area contributed by atoms with Crippen LogP contribution in [0.3, 0.4) is 0 Å². The first-order valence-corrected chi connectivity index (χ1v) is 11.6. The van der Waals surface area contributed by atoms with Crippen molar-refractivity contribution >= 4 is 17.4 Å². The molecule has 0 saturated heterocycles. The zero-order chi connectivity index (χ0) is 22.6. The Kier molecular flexibility index (Phi) is 6.98. The fraction of sp³-hybridized carbons (Fsp3) is 0.321. The summed E-state index contributed by atoms with van der Waals surface area (Å²) in [5.41, 5.74) is 3.94. The second-order valence-corrected chi connectivity index (χ2v) is 9.54. The van der Waals surface area contributed by atoms with Crippen LogP contribution in [0, 0.1) is 5.41 Å². The smallest absolute Gasteiger partial charge is 0.168 e. The van der Waals surface area contributed by atoms with E-state index in [2.05, 4.69) is 47.8 Å². The van der Waals surface area contributed by atoms with Gasteiger partial charge in [0.15, 0.2) is 5.78 Å². The standard InChI is InChI=1S/C28H30ClNO2/c1-28(2)19-26(21-8-10-22(29)11-9-21)24-13-12-23(18-25(24)27(28)31)32-17-16-30-15-14-20-6-4-3-5-7-20/h3-13,18,26,30H,14-17,19H2,1-2H3. The third kappa shape index (κ3) is 5.23. The summed E-state index contributed by atoms with van der Waals surface area (Å²) in [6.45, 7) is 6.30. The van der Waals surface area contributed by atoms with Gasteiger partial charge in [0.1, 0.15) is 12.4 Å². The SMILES string of the molecule is CC1(C)CC(c2ccc(Cl)cc2)c2ccc(OCCNCCc3ccccc3)cc2C1=O. The fourth-order valence-corrected chi connectivity index (χ4v) is 4.57. The Balaban J connectivity index is 1.40. The minimum Gasteiger partial charge on any atom is -0.492 e. The molecule has 0 heterocycles. The van der Waals surface area contributed by atoms with Gasteiger partial charge in [0.25, 0.3) is 0 Å². The van der Waals surface area contributed by atoms with Gasteiger partial charge < -0.3 is 10.1 Å². The summed E-state index contributed by atoms with van der Waals surface area (Å²) in [5.74, 6) is 1.10. The Morgan fingerprint density at radius 3 is 2.50 bits per heavy atom. The Hall–Kier alpha value is -2.62. The molecule has 0 aromatic heterocycles. The van der Waals surface area contributed by atoms with Gasteiger partial charge >= 0.3 is 0 Å². The summed E-state index contributed by atoms with van der Waals surface area (Å²) < 4.78 is 5.97. The Morgan fingerprint density at radius 1 is 1.00 bits per heavy atom. The summed E-state index contributed by atoms with van der Waals surface area (Å²) in [5, 5.41) is 4.14. The second kappa shape index (κ2) is 9.89. The maximum absolute atomic E-state index is 13.2. The maximum Gasteiger partial charge on any atom is 0.168 e. The monoisotopic (exact) mass is 447 g/mol. The van der Waals surface area contributed by atoms with Crippen molar-refractivity contribution in [1.29, 1.82) is 0 Å². The highest BCUT2D eigenvalue weighted by Gasteiger charge is 2.40. The van der Waals surface area contributed by atoms with E-state index in [9.17, 15) is 4.79 Å². The largest absolute Gasteiger partial charge is 0.492 e. The van der Waals surface area contributed by atoms with E-state index < -0.39 is 5.41 Å². The van der Waals surface area contributed by atoms with Crippen molar-refractivity contribution < 1.29 is 9.53 Å². The molecule has 1 aliphatic carbocycles. The second-order valence-electron chi connectivity index (χ2n) is 9.10. The molecular weight excluding hydrogens is 418 g/mol. The highest BCUT2D eigenvalue weighted by atomic mass is 35.5. The first kappa shape index (κ1) is 22.6. The molecule has 4 heteroatoms. The average Bonchev–Trinajstić information content (AvgIpc) is 2.80. The van der Waals surface area contributed by atoms with Crippen LogP contribution in [0.4, 0.5) is 0 Å². The van der Waals surface area contributed by atoms with Gasteiger partial charge in [-0.3, -0.25) is 4.79 Å². The molecule has 1 N–H and O–H groups in total. The number of carbonyl (C=O) groups is 1. The predicted octanol–water partition coefficient (Wildman–Crippen LogP) is 6.30. The molecule has 166 valence electrons. The number of halogens is 1. The number of Topliss-reactive ketones (excluding diaryl/α,β-unsaturated/α-hetero) is 1. The zero-order valence-electron chi connectivity index (χ0n) is 18.7. The molecule has 3 aromatic carbocycles. The number of hydrogen-bond acceptors (Lipinski definition) is 3. The van der Waals surface area contributed by atoms with Gasteiger partial charge in [0, 0.05) is 28.5 Å². The van der Waals surface area contributed by atoms with Crippen molar-refractivity contribution in [2.45, 2.75) is 32.6 Å². The van der Waals surface area contributed by atoms with Crippen LogP contribution in [-0.2, 0) is 6.42 Å². The van der Waals surface area contributed by atoms with Crippen molar-refractivity contribution in [3.05, 3.63) is 100 Å². The maximum atomic E-state index is 13.2. The minimum atomic E-state index is -0.422. The van der Waals surface area contributed by atoms with Crippen LogP contribution in [0.2, 0.25) is 5.02 Å². The first-order valence-electron chi connectivity index (χ1n) is 11.3. The van der Waals surface area contributed by atoms with Crippen LogP contribution in [0.15, 0.2) is 72.8 Å². The quantitative estimate of drug-likeness (QED) is 0.412. The number of hydrogen-bond donors (Lipinski definition) is 1. The van der Waals surface area contributed by atoms with E-state index in [0.717, 1.165) is 47.8 Å². The van der Waals surface area contributed by atoms with Crippen molar-refractivity contribution in [3.8, 4) is 5.75 Å². The lowest BCUT2D eigenvalue weighted by Gasteiger charge is -2.36. The molecule has 0 bridgehead atoms. The predicted molar refractivity (Wildman–Crippen MR) is 131 cm³/mol. The van der Waals surface area contributed by atoms with Crippen molar-refractivity contribution in [3.63, 3.8) is 0 Å². The number of fused-ring (bicyclic) bond motifs is 1. The molecule has 4 rings (SSSR count). The summed E-state index contributed by atoms with van der Waals surface area (Å²) in [6.07, 6.45) is 1.78. The Morgan fingerprint density at radius 2 is 1.75 bits per heavy atom. The molecule has 0 spiro atoms. The van der Waals surface area contributed by atoms with Gasteiger partial charge in [0.05, 0.1) is 0 Å². The zero-order valence-corrected chi connectivity index (χ0v) is 19.5. The number of carbonyl (C=O) groups excluding carboxylic acids is 1. The van der Waals surface area contributed by atoms with Crippen LogP contribution in [0.1, 0.15) is 53.2 Å². The number of ether oxygens (including phenoxy) is 1. The van der Waals surface area contributed by atoms with Gasteiger partial charge in [-0.2, -0.15) is 0 Å². The van der Waals surface area contributed by atoms with Crippen molar-refractivity contribution in [1.82, 2.24) is 5.32 Å². The highest BCUT2D eigenvalue weighted by Crippen LogP contribution is 2.46. The topological polar surface area (TPSA) is 38.3 Å². The van der Waals surface area contributed by atoms with E-state index in [1.807, 2.05) is 44.2 Å². The van der Waals surface area contributed by atoms with E-state index in [1.165, 1.54) is 11.1 Å². The summed E-state index contributed by atoms with van der Waals surface area (Å²) in [4.78, 5) is 13.2. The van der Waals surface area contributed by atoms with Gasteiger partial charge in [-0.15, -0.1) is 0 Å². The molecule has 1 atom stereocenters. The Labute approximate surface area is 195 Å². The summed E-state index contributed by atoms with van der Waals surface area (Å²) >= 11 is 6.09. The highest BCUT2D eigenvalue weighted by molar-refractivity contribution is 6.30. The molecule has 0 saturated carbocycles. The minimum absolute atomic E-state index is 0.170. The van der Waals surface area contributed by atoms with Crippen molar-refractivity contribution in [2.75, 3.05) is 19.7 Å². The number of rotatable bonds is 8. The van der Waals surface area contributed by atoms with Gasteiger partial charge in [-0.1, -0.05) is 74.0 Å². The molecule has 1 unspecified atom stereocenters. The van der Waals surface area contributed by atoms with Crippen LogP contribution in [-0.4, -0.2) is 25.5 Å². The van der Waals surface area contributed by atoms with E-state index in [-0.39, 0.29) is 11.7 Å². The molecule has 3 nitrogen and oxygen atoms in total. The fourth-order valence-electron chi connectivity index (χ4n) is 4.44. The van der Waals surface area contributed by atoms with E-state index in [4.69, 9.17) is 16.3 Å². The number of ketones is 1. The first-order chi connectivity index (χ1) is 15.4. The number of benzene rings is 3. The van der Waals surface area contributed by atoms with Crippen LogP contribution in [0.25, 0.3) is 0 Å².